The lowest BCUT2D eigenvalue weighted by molar-refractivity contribution is 0.0212. The summed E-state index contributed by atoms with van der Waals surface area (Å²) in [4.78, 5) is 2.37. The van der Waals surface area contributed by atoms with Crippen LogP contribution in [-0.4, -0.2) is 11.7 Å². The van der Waals surface area contributed by atoms with Crippen molar-refractivity contribution in [3.63, 3.8) is 0 Å². The SMILES string of the molecule is CCC1(O)CCN(Cc2ccccc2)c2ccccc21. The number of rotatable bonds is 3. The fourth-order valence-corrected chi connectivity index (χ4v) is 3.05. The van der Waals surface area contributed by atoms with Crippen molar-refractivity contribution in [3.05, 3.63) is 65.7 Å². The molecule has 1 aliphatic rings. The van der Waals surface area contributed by atoms with Gasteiger partial charge in [-0.2, -0.15) is 0 Å². The van der Waals surface area contributed by atoms with E-state index < -0.39 is 5.60 Å². The van der Waals surface area contributed by atoms with Crippen molar-refractivity contribution < 1.29 is 5.11 Å². The number of benzene rings is 2. The van der Waals surface area contributed by atoms with Gasteiger partial charge in [0, 0.05) is 24.3 Å². The third kappa shape index (κ3) is 2.32. The first-order valence-corrected chi connectivity index (χ1v) is 7.34. The molecule has 104 valence electrons. The molecule has 1 unspecified atom stereocenters. The zero-order valence-corrected chi connectivity index (χ0v) is 11.9. The van der Waals surface area contributed by atoms with E-state index in [1.165, 1.54) is 11.3 Å². The summed E-state index contributed by atoms with van der Waals surface area (Å²) in [7, 11) is 0. The Morgan fingerprint density at radius 1 is 1.05 bits per heavy atom. The van der Waals surface area contributed by atoms with Crippen molar-refractivity contribution in [2.75, 3.05) is 11.4 Å². The molecule has 1 N–H and O–H groups in total. The van der Waals surface area contributed by atoms with Gasteiger partial charge in [0.15, 0.2) is 0 Å². The van der Waals surface area contributed by atoms with Crippen molar-refractivity contribution in [2.45, 2.75) is 31.9 Å². The number of hydrogen-bond donors (Lipinski definition) is 1. The summed E-state index contributed by atoms with van der Waals surface area (Å²) in [5.74, 6) is 0. The highest BCUT2D eigenvalue weighted by Gasteiger charge is 2.35. The van der Waals surface area contributed by atoms with Crippen LogP contribution in [-0.2, 0) is 12.1 Å². The molecule has 2 heteroatoms. The third-order valence-corrected chi connectivity index (χ3v) is 4.34. The van der Waals surface area contributed by atoms with Crippen LogP contribution in [0.4, 0.5) is 5.69 Å². The van der Waals surface area contributed by atoms with Gasteiger partial charge in [-0.25, -0.2) is 0 Å². The van der Waals surface area contributed by atoms with Crippen LogP contribution in [0.2, 0.25) is 0 Å². The van der Waals surface area contributed by atoms with Crippen molar-refractivity contribution in [2.24, 2.45) is 0 Å². The van der Waals surface area contributed by atoms with Crippen molar-refractivity contribution >= 4 is 5.69 Å². The monoisotopic (exact) mass is 267 g/mol. The third-order valence-electron chi connectivity index (χ3n) is 4.34. The van der Waals surface area contributed by atoms with E-state index in [1.54, 1.807) is 0 Å². The van der Waals surface area contributed by atoms with E-state index in [0.29, 0.717) is 0 Å². The number of nitrogens with zero attached hydrogens (tertiary/aromatic N) is 1. The zero-order valence-electron chi connectivity index (χ0n) is 11.9. The molecule has 0 saturated carbocycles. The highest BCUT2D eigenvalue weighted by molar-refractivity contribution is 5.58. The molecule has 2 nitrogen and oxygen atoms in total. The molecule has 0 spiro atoms. The van der Waals surface area contributed by atoms with E-state index in [9.17, 15) is 5.11 Å². The van der Waals surface area contributed by atoms with E-state index >= 15 is 0 Å². The van der Waals surface area contributed by atoms with Gasteiger partial charge in [0.1, 0.15) is 0 Å². The summed E-state index contributed by atoms with van der Waals surface area (Å²) in [5, 5.41) is 10.8. The van der Waals surface area contributed by atoms with Crippen LogP contribution in [0.3, 0.4) is 0 Å². The van der Waals surface area contributed by atoms with Crippen molar-refractivity contribution in [3.8, 4) is 0 Å². The van der Waals surface area contributed by atoms with Crippen LogP contribution < -0.4 is 4.90 Å². The van der Waals surface area contributed by atoms with Gasteiger partial charge < -0.3 is 10.0 Å². The fraction of sp³-hybridized carbons (Fsp3) is 0.333. The maximum Gasteiger partial charge on any atom is 0.0930 e. The number of para-hydroxylation sites is 1. The van der Waals surface area contributed by atoms with Gasteiger partial charge in [0.2, 0.25) is 0 Å². The summed E-state index contributed by atoms with van der Waals surface area (Å²) in [6.07, 6.45) is 1.57. The molecule has 0 radical (unpaired) electrons. The first-order valence-electron chi connectivity index (χ1n) is 7.34. The summed E-state index contributed by atoms with van der Waals surface area (Å²) < 4.78 is 0. The van der Waals surface area contributed by atoms with Gasteiger partial charge in [-0.3, -0.25) is 0 Å². The van der Waals surface area contributed by atoms with E-state index in [1.807, 2.05) is 12.1 Å². The minimum atomic E-state index is -0.663. The molecule has 1 heterocycles. The lowest BCUT2D eigenvalue weighted by Crippen LogP contribution is -2.39. The molecule has 0 bridgehead atoms. The minimum absolute atomic E-state index is 0.663. The van der Waals surface area contributed by atoms with Crippen LogP contribution in [0.1, 0.15) is 30.9 Å². The average Bonchev–Trinajstić information content (AvgIpc) is 2.52. The molecule has 0 aliphatic carbocycles. The second kappa shape index (κ2) is 5.29. The molecule has 1 atom stereocenters. The molecule has 20 heavy (non-hydrogen) atoms. The van der Waals surface area contributed by atoms with E-state index in [4.69, 9.17) is 0 Å². The average molecular weight is 267 g/mol. The number of fused-ring (bicyclic) bond motifs is 1. The molecule has 2 aromatic carbocycles. The van der Waals surface area contributed by atoms with Crippen LogP contribution in [0, 0.1) is 0 Å². The maximum atomic E-state index is 10.8. The lowest BCUT2D eigenvalue weighted by Gasteiger charge is -2.40. The van der Waals surface area contributed by atoms with Gasteiger partial charge >= 0.3 is 0 Å². The first-order chi connectivity index (χ1) is 9.73. The second-order valence-corrected chi connectivity index (χ2v) is 5.56. The van der Waals surface area contributed by atoms with Crippen LogP contribution >= 0.6 is 0 Å². The predicted octanol–water partition coefficient (Wildman–Crippen LogP) is 3.69. The largest absolute Gasteiger partial charge is 0.385 e. The molecular formula is C18H21NO. The standard InChI is InChI=1S/C18H21NO/c1-2-18(20)12-13-19(14-15-8-4-3-5-9-15)17-11-7-6-10-16(17)18/h3-11,20H,2,12-14H2,1H3. The van der Waals surface area contributed by atoms with E-state index in [2.05, 4.69) is 54.3 Å². The molecule has 0 amide bonds. The Labute approximate surface area is 120 Å². The topological polar surface area (TPSA) is 23.5 Å². The van der Waals surface area contributed by atoms with Crippen molar-refractivity contribution in [1.29, 1.82) is 0 Å². The quantitative estimate of drug-likeness (QED) is 0.916. The molecule has 0 aromatic heterocycles. The van der Waals surface area contributed by atoms with Gasteiger partial charge in [0.25, 0.3) is 0 Å². The minimum Gasteiger partial charge on any atom is -0.385 e. The molecule has 0 fully saturated rings. The van der Waals surface area contributed by atoms with Gasteiger partial charge in [-0.05, 0) is 24.5 Å². The Morgan fingerprint density at radius 3 is 2.50 bits per heavy atom. The molecular weight excluding hydrogens is 246 g/mol. The Hall–Kier alpha value is -1.80. The van der Waals surface area contributed by atoms with Gasteiger partial charge in [0.05, 0.1) is 5.60 Å². The van der Waals surface area contributed by atoms with Crippen LogP contribution in [0.5, 0.6) is 0 Å². The highest BCUT2D eigenvalue weighted by atomic mass is 16.3. The lowest BCUT2D eigenvalue weighted by atomic mass is 9.83. The summed E-state index contributed by atoms with van der Waals surface area (Å²) in [6, 6.07) is 18.8. The molecule has 2 aromatic rings. The van der Waals surface area contributed by atoms with Gasteiger partial charge in [-0.15, -0.1) is 0 Å². The van der Waals surface area contributed by atoms with E-state index in [0.717, 1.165) is 31.5 Å². The number of hydrogen-bond acceptors (Lipinski definition) is 2. The smallest absolute Gasteiger partial charge is 0.0930 e. The van der Waals surface area contributed by atoms with E-state index in [-0.39, 0.29) is 0 Å². The Kier molecular flexibility index (Phi) is 3.49. The zero-order chi connectivity index (χ0) is 14.0. The van der Waals surface area contributed by atoms with Crippen molar-refractivity contribution in [1.82, 2.24) is 0 Å². The first kappa shape index (κ1) is 13.2. The second-order valence-electron chi connectivity index (χ2n) is 5.56. The Balaban J connectivity index is 1.93. The Bertz CT molecular complexity index is 581. The van der Waals surface area contributed by atoms with Crippen LogP contribution in [0.25, 0.3) is 0 Å². The highest BCUT2D eigenvalue weighted by Crippen LogP contribution is 2.40. The normalized spacial score (nSPS) is 21.6. The number of anilines is 1. The summed E-state index contributed by atoms with van der Waals surface area (Å²) >= 11 is 0. The number of aliphatic hydroxyl groups is 1. The fourth-order valence-electron chi connectivity index (χ4n) is 3.05. The van der Waals surface area contributed by atoms with Crippen LogP contribution in [0.15, 0.2) is 54.6 Å². The van der Waals surface area contributed by atoms with Gasteiger partial charge in [-0.1, -0.05) is 55.5 Å². The molecule has 0 saturated heterocycles. The Morgan fingerprint density at radius 2 is 1.75 bits per heavy atom. The molecule has 1 aliphatic heterocycles. The summed E-state index contributed by atoms with van der Waals surface area (Å²) in [6.45, 7) is 3.86. The maximum absolute atomic E-state index is 10.8. The molecule has 3 rings (SSSR count). The summed E-state index contributed by atoms with van der Waals surface area (Å²) in [5.41, 5.74) is 2.89. The predicted molar refractivity (Wildman–Crippen MR) is 82.7 cm³/mol.